The van der Waals surface area contributed by atoms with Crippen LogP contribution in [0.4, 0.5) is 4.79 Å². The highest BCUT2D eigenvalue weighted by Crippen LogP contribution is 2.13. The van der Waals surface area contributed by atoms with Gasteiger partial charge in [0.15, 0.2) is 0 Å². The minimum Gasteiger partial charge on any atom is -0.481 e. The lowest BCUT2D eigenvalue weighted by atomic mass is 10.2. The van der Waals surface area contributed by atoms with Gasteiger partial charge in [0.05, 0.1) is 5.92 Å². The number of halogens is 1. The number of hydrogen-bond donors (Lipinski definition) is 1. The molecule has 0 saturated carbocycles. The Labute approximate surface area is 127 Å². The number of rotatable bonds is 5. The number of benzene rings is 1. The molecular weight excluding hydrogens is 324 g/mol. The molecule has 0 aromatic heterocycles. The number of hydrogen-bond acceptors (Lipinski definition) is 2. The van der Waals surface area contributed by atoms with Crippen LogP contribution in [0.2, 0.25) is 0 Å². The molecule has 0 heterocycles. The Morgan fingerprint density at radius 1 is 1.30 bits per heavy atom. The van der Waals surface area contributed by atoms with Gasteiger partial charge < -0.3 is 14.9 Å². The zero-order chi connectivity index (χ0) is 15.3. The van der Waals surface area contributed by atoms with Crippen molar-refractivity contribution in [1.82, 2.24) is 9.80 Å². The van der Waals surface area contributed by atoms with Crippen LogP contribution in [0.1, 0.15) is 12.5 Å². The van der Waals surface area contributed by atoms with E-state index < -0.39 is 11.9 Å². The summed E-state index contributed by atoms with van der Waals surface area (Å²) in [6, 6.07) is 7.52. The van der Waals surface area contributed by atoms with Crippen molar-refractivity contribution in [2.24, 2.45) is 5.92 Å². The van der Waals surface area contributed by atoms with Crippen molar-refractivity contribution < 1.29 is 14.7 Å². The van der Waals surface area contributed by atoms with E-state index in [2.05, 4.69) is 15.9 Å². The fraction of sp³-hybridized carbons (Fsp3) is 0.429. The molecule has 2 amide bonds. The molecule has 1 aromatic rings. The van der Waals surface area contributed by atoms with Crippen molar-refractivity contribution in [1.29, 1.82) is 0 Å². The van der Waals surface area contributed by atoms with Crippen LogP contribution < -0.4 is 0 Å². The van der Waals surface area contributed by atoms with Crippen molar-refractivity contribution in [2.45, 2.75) is 13.5 Å². The highest BCUT2D eigenvalue weighted by molar-refractivity contribution is 9.10. The molecule has 0 aliphatic rings. The molecule has 1 rings (SSSR count). The SMILES string of the molecule is CC(CN(C)C(=O)N(C)Cc1cccc(Br)c1)C(=O)O. The molecule has 1 unspecified atom stereocenters. The lowest BCUT2D eigenvalue weighted by Gasteiger charge is -2.26. The van der Waals surface area contributed by atoms with Crippen molar-refractivity contribution in [3.8, 4) is 0 Å². The second kappa shape index (κ2) is 7.28. The largest absolute Gasteiger partial charge is 0.481 e. The maximum atomic E-state index is 12.1. The number of carbonyl (C=O) groups is 2. The second-order valence-corrected chi connectivity index (χ2v) is 5.80. The Balaban J connectivity index is 2.60. The van der Waals surface area contributed by atoms with Gasteiger partial charge in [-0.05, 0) is 17.7 Å². The van der Waals surface area contributed by atoms with Gasteiger partial charge in [0.2, 0.25) is 0 Å². The second-order valence-electron chi connectivity index (χ2n) is 4.89. The molecule has 20 heavy (non-hydrogen) atoms. The lowest BCUT2D eigenvalue weighted by molar-refractivity contribution is -0.141. The third-order valence-electron chi connectivity index (χ3n) is 2.93. The van der Waals surface area contributed by atoms with E-state index in [1.165, 1.54) is 4.90 Å². The van der Waals surface area contributed by atoms with Crippen LogP contribution in [0.25, 0.3) is 0 Å². The van der Waals surface area contributed by atoms with Gasteiger partial charge in [-0.25, -0.2) is 4.79 Å². The van der Waals surface area contributed by atoms with Crippen molar-refractivity contribution in [3.05, 3.63) is 34.3 Å². The summed E-state index contributed by atoms with van der Waals surface area (Å²) in [7, 11) is 3.31. The van der Waals surface area contributed by atoms with Crippen molar-refractivity contribution in [2.75, 3.05) is 20.6 Å². The van der Waals surface area contributed by atoms with Crippen LogP contribution in [-0.4, -0.2) is 47.5 Å². The molecule has 0 aliphatic carbocycles. The summed E-state index contributed by atoms with van der Waals surface area (Å²) in [6.45, 7) is 2.25. The van der Waals surface area contributed by atoms with E-state index in [9.17, 15) is 9.59 Å². The van der Waals surface area contributed by atoms with E-state index in [0.717, 1.165) is 10.0 Å². The van der Waals surface area contributed by atoms with Crippen molar-refractivity contribution >= 4 is 27.9 Å². The maximum Gasteiger partial charge on any atom is 0.319 e. The third kappa shape index (κ3) is 4.85. The molecule has 0 fully saturated rings. The molecular formula is C14H19BrN2O3. The van der Waals surface area contributed by atoms with Gasteiger partial charge >= 0.3 is 12.0 Å². The van der Waals surface area contributed by atoms with Crippen LogP contribution >= 0.6 is 15.9 Å². The van der Waals surface area contributed by atoms with E-state index in [-0.39, 0.29) is 12.6 Å². The third-order valence-corrected chi connectivity index (χ3v) is 3.42. The van der Waals surface area contributed by atoms with Crippen LogP contribution in [-0.2, 0) is 11.3 Å². The maximum absolute atomic E-state index is 12.1. The zero-order valence-electron chi connectivity index (χ0n) is 11.8. The summed E-state index contributed by atoms with van der Waals surface area (Å²) in [6.07, 6.45) is 0. The predicted octanol–water partition coefficient (Wildman–Crippen LogP) is 2.65. The monoisotopic (exact) mass is 342 g/mol. The molecule has 1 atom stereocenters. The quantitative estimate of drug-likeness (QED) is 0.894. The number of aliphatic carboxylic acids is 1. The number of carboxylic acids is 1. The molecule has 110 valence electrons. The predicted molar refractivity (Wildman–Crippen MR) is 80.4 cm³/mol. The number of carbonyl (C=O) groups excluding carboxylic acids is 1. The van der Waals surface area contributed by atoms with Crippen LogP contribution in [0.5, 0.6) is 0 Å². The summed E-state index contributed by atoms with van der Waals surface area (Å²) >= 11 is 3.39. The molecule has 0 spiro atoms. The van der Waals surface area contributed by atoms with E-state index in [1.54, 1.807) is 25.9 Å². The van der Waals surface area contributed by atoms with E-state index in [1.807, 2.05) is 24.3 Å². The van der Waals surface area contributed by atoms with Gasteiger partial charge in [0.25, 0.3) is 0 Å². The minimum absolute atomic E-state index is 0.191. The van der Waals surface area contributed by atoms with Gasteiger partial charge in [0.1, 0.15) is 0 Å². The number of nitrogens with zero attached hydrogens (tertiary/aromatic N) is 2. The van der Waals surface area contributed by atoms with Crippen LogP contribution in [0, 0.1) is 5.92 Å². The summed E-state index contributed by atoms with van der Waals surface area (Å²) in [4.78, 5) is 25.9. The Morgan fingerprint density at radius 2 is 1.95 bits per heavy atom. The molecule has 0 aliphatic heterocycles. The summed E-state index contributed by atoms with van der Waals surface area (Å²) in [5.74, 6) is -1.48. The van der Waals surface area contributed by atoms with Gasteiger partial charge in [-0.2, -0.15) is 0 Å². The molecule has 0 saturated heterocycles. The fourth-order valence-electron chi connectivity index (χ4n) is 1.84. The summed E-state index contributed by atoms with van der Waals surface area (Å²) in [5.41, 5.74) is 1.01. The fourth-order valence-corrected chi connectivity index (χ4v) is 2.28. The smallest absolute Gasteiger partial charge is 0.319 e. The number of amides is 2. The molecule has 0 bridgehead atoms. The van der Waals surface area contributed by atoms with Crippen LogP contribution in [0.15, 0.2) is 28.7 Å². The first kappa shape index (κ1) is 16.5. The van der Waals surface area contributed by atoms with Gasteiger partial charge in [-0.3, -0.25) is 4.79 Å². The first-order valence-corrected chi connectivity index (χ1v) is 7.04. The average Bonchev–Trinajstić information content (AvgIpc) is 2.37. The van der Waals surface area contributed by atoms with Gasteiger partial charge in [0, 0.05) is 31.7 Å². The zero-order valence-corrected chi connectivity index (χ0v) is 13.4. The number of carboxylic acid groups (broad SMARTS) is 1. The Kier molecular flexibility index (Phi) is 6.01. The molecule has 5 nitrogen and oxygen atoms in total. The highest BCUT2D eigenvalue weighted by Gasteiger charge is 2.19. The lowest BCUT2D eigenvalue weighted by Crippen LogP contribution is -2.41. The first-order valence-electron chi connectivity index (χ1n) is 6.24. The molecule has 1 aromatic carbocycles. The number of urea groups is 1. The standard InChI is InChI=1S/C14H19BrN2O3/c1-10(13(18)19)8-16(2)14(20)17(3)9-11-5-4-6-12(15)7-11/h4-7,10H,8-9H2,1-3H3,(H,18,19). The first-order chi connectivity index (χ1) is 9.31. The van der Waals surface area contributed by atoms with Crippen LogP contribution in [0.3, 0.4) is 0 Å². The van der Waals surface area contributed by atoms with E-state index in [4.69, 9.17) is 5.11 Å². The van der Waals surface area contributed by atoms with E-state index in [0.29, 0.717) is 6.54 Å². The van der Waals surface area contributed by atoms with Gasteiger partial charge in [-0.15, -0.1) is 0 Å². The molecule has 0 radical (unpaired) electrons. The topological polar surface area (TPSA) is 60.9 Å². The Hall–Kier alpha value is -1.56. The summed E-state index contributed by atoms with van der Waals surface area (Å²) in [5, 5.41) is 8.86. The van der Waals surface area contributed by atoms with Gasteiger partial charge in [-0.1, -0.05) is 35.0 Å². The van der Waals surface area contributed by atoms with Crippen molar-refractivity contribution in [3.63, 3.8) is 0 Å². The van der Waals surface area contributed by atoms with E-state index >= 15 is 0 Å². The minimum atomic E-state index is -0.903. The Morgan fingerprint density at radius 3 is 2.50 bits per heavy atom. The highest BCUT2D eigenvalue weighted by atomic mass is 79.9. The average molecular weight is 343 g/mol. The molecule has 1 N–H and O–H groups in total. The Bertz CT molecular complexity index is 493. The summed E-state index contributed by atoms with van der Waals surface area (Å²) < 4.78 is 0.962. The molecule has 6 heteroatoms. The normalized spacial score (nSPS) is 11.8.